The first kappa shape index (κ1) is 44.5. The van der Waals surface area contributed by atoms with Crippen molar-refractivity contribution >= 4 is 35.1 Å². The molecule has 0 spiro atoms. The zero-order chi connectivity index (χ0) is 40.2. The van der Waals surface area contributed by atoms with E-state index in [0.717, 1.165) is 36.4 Å². The molecular weight excluding hydrogens is 744 g/mol. The standard InChI is InChI=1S/C24H22F6N6O2.2C2HF3O2/c25-23(26,27)13-1-3-17(33-21(37)7-9-31)15(11-13)19-5-6-20(36-35-19)16-12-14(24(28,29)30)2-4-18(16)34-22(38)8-10-32;2*3-2(4,5)1(6)7/h1-6,11-12H,7-10,31-32H2,(H,33,37)(H,34,38);2*(H,6,7). The first-order chi connectivity index (χ1) is 23.7. The molecule has 0 fully saturated rings. The lowest BCUT2D eigenvalue weighted by Crippen LogP contribution is -2.51. The summed E-state index contributed by atoms with van der Waals surface area (Å²) >= 11 is 0. The van der Waals surface area contributed by atoms with E-state index in [0.29, 0.717) is 0 Å². The molecule has 0 saturated carbocycles. The number of aromatic nitrogens is 2. The summed E-state index contributed by atoms with van der Waals surface area (Å²) in [5.41, 5.74) is 4.87. The van der Waals surface area contributed by atoms with Crippen molar-refractivity contribution in [2.24, 2.45) is 0 Å². The third-order valence-corrected chi connectivity index (χ3v) is 5.73. The number of nitrogens with zero attached hydrogens (tertiary/aromatic N) is 2. The molecule has 0 saturated heterocycles. The summed E-state index contributed by atoms with van der Waals surface area (Å²) in [6.07, 6.45) is -19.7. The SMILES string of the molecule is O=C([O-])C(F)(F)F.O=C([O-])C(F)(F)F.[NH3+]CCC(=O)Nc1ccc(C(F)(F)F)cc1-c1ccc(-c2cc(C(F)(F)F)ccc2NC(=O)CC[NH3+])nn1. The van der Waals surface area contributed by atoms with Gasteiger partial charge in [-0.3, -0.25) is 9.59 Å². The van der Waals surface area contributed by atoms with Gasteiger partial charge in [-0.25, -0.2) is 0 Å². The molecule has 3 rings (SSSR count). The lowest BCUT2D eigenvalue weighted by atomic mass is 10.0. The Morgan fingerprint density at radius 3 is 1.06 bits per heavy atom. The molecular formula is C28H24F12N6O6. The zero-order valence-corrected chi connectivity index (χ0v) is 25.7. The highest BCUT2D eigenvalue weighted by atomic mass is 19.4. The summed E-state index contributed by atoms with van der Waals surface area (Å²) in [5.74, 6) is -6.96. The molecule has 52 heavy (non-hydrogen) atoms. The van der Waals surface area contributed by atoms with Crippen LogP contribution in [0.4, 0.5) is 64.1 Å². The third kappa shape index (κ3) is 14.4. The molecule has 0 radical (unpaired) electrons. The van der Waals surface area contributed by atoms with Crippen LogP contribution in [0.15, 0.2) is 48.5 Å². The zero-order valence-electron chi connectivity index (χ0n) is 25.7. The summed E-state index contributed by atoms with van der Waals surface area (Å²) in [4.78, 5) is 41.7. The number of hydrogen-bond donors (Lipinski definition) is 4. The highest BCUT2D eigenvalue weighted by molar-refractivity contribution is 5.96. The van der Waals surface area contributed by atoms with E-state index in [1.54, 1.807) is 0 Å². The number of hydrogen-bond acceptors (Lipinski definition) is 8. The monoisotopic (exact) mass is 768 g/mol. The number of benzene rings is 2. The van der Waals surface area contributed by atoms with Crippen molar-refractivity contribution in [1.82, 2.24) is 10.2 Å². The Labute approximate surface area is 282 Å². The van der Waals surface area contributed by atoms with Crippen LogP contribution in [0.25, 0.3) is 22.5 Å². The molecule has 2 aromatic carbocycles. The van der Waals surface area contributed by atoms with Gasteiger partial charge < -0.3 is 41.9 Å². The maximum Gasteiger partial charge on any atom is 0.430 e. The molecule has 286 valence electrons. The van der Waals surface area contributed by atoms with Gasteiger partial charge in [0.15, 0.2) is 0 Å². The predicted octanol–water partition coefficient (Wildman–Crippen LogP) is 1.59. The van der Waals surface area contributed by atoms with Crippen LogP contribution < -0.4 is 32.3 Å². The number of halogens is 12. The molecule has 3 aromatic rings. The van der Waals surface area contributed by atoms with Crippen molar-refractivity contribution in [2.75, 3.05) is 23.7 Å². The maximum atomic E-state index is 13.4. The van der Waals surface area contributed by atoms with Gasteiger partial charge in [0.05, 0.1) is 59.8 Å². The molecule has 24 heteroatoms. The van der Waals surface area contributed by atoms with E-state index in [2.05, 4.69) is 32.3 Å². The van der Waals surface area contributed by atoms with E-state index in [1.807, 2.05) is 0 Å². The van der Waals surface area contributed by atoms with Crippen LogP contribution >= 0.6 is 0 Å². The number of carboxylic acid groups (broad SMARTS) is 2. The van der Waals surface area contributed by atoms with Gasteiger partial charge >= 0.3 is 24.7 Å². The van der Waals surface area contributed by atoms with Gasteiger partial charge in [-0.2, -0.15) is 52.7 Å². The summed E-state index contributed by atoms with van der Waals surface area (Å²) in [6.45, 7) is 0.530. The Hall–Kier alpha value is -5.52. The number of rotatable bonds is 8. The smallest absolute Gasteiger partial charge is 0.430 e. The molecule has 1 heterocycles. The molecule has 1 aromatic heterocycles. The molecule has 0 aliphatic rings. The Bertz CT molecular complexity index is 1590. The normalized spacial score (nSPS) is 11.7. The van der Waals surface area contributed by atoms with Gasteiger partial charge in [-0.15, -0.1) is 10.2 Å². The molecule has 0 aliphatic carbocycles. The average molecular weight is 769 g/mol. The second-order valence-electron chi connectivity index (χ2n) is 9.69. The lowest BCUT2D eigenvalue weighted by molar-refractivity contribution is -0.366. The van der Waals surface area contributed by atoms with Gasteiger partial charge in [0.1, 0.15) is 11.9 Å². The van der Waals surface area contributed by atoms with E-state index in [9.17, 15) is 62.3 Å². The number of quaternary nitrogens is 2. The van der Waals surface area contributed by atoms with Crippen LogP contribution in [-0.4, -0.2) is 59.4 Å². The Morgan fingerprint density at radius 1 is 0.558 bits per heavy atom. The van der Waals surface area contributed by atoms with E-state index in [-0.39, 0.29) is 59.8 Å². The molecule has 2 amide bonds. The van der Waals surface area contributed by atoms with Gasteiger partial charge in [-0.05, 0) is 48.5 Å². The molecule has 8 N–H and O–H groups in total. The first-order valence-corrected chi connectivity index (χ1v) is 13.7. The van der Waals surface area contributed by atoms with E-state index >= 15 is 0 Å². The number of amides is 2. The summed E-state index contributed by atoms with van der Waals surface area (Å²) in [6, 6.07) is 7.86. The number of carboxylic acids is 2. The maximum absolute atomic E-state index is 13.4. The largest absolute Gasteiger partial charge is 0.542 e. The quantitative estimate of drug-likeness (QED) is 0.246. The number of carbonyl (C=O) groups is 4. The minimum absolute atomic E-state index is 0.0310. The Morgan fingerprint density at radius 2 is 0.846 bits per heavy atom. The van der Waals surface area contributed by atoms with Crippen molar-refractivity contribution in [3.63, 3.8) is 0 Å². The number of alkyl halides is 12. The first-order valence-electron chi connectivity index (χ1n) is 13.7. The average Bonchev–Trinajstić information content (AvgIpc) is 3.00. The van der Waals surface area contributed by atoms with Crippen molar-refractivity contribution in [1.29, 1.82) is 0 Å². The molecule has 0 aliphatic heterocycles. The van der Waals surface area contributed by atoms with Crippen LogP contribution in [0.5, 0.6) is 0 Å². The minimum atomic E-state index is -5.19. The highest BCUT2D eigenvalue weighted by Crippen LogP contribution is 2.38. The summed E-state index contributed by atoms with van der Waals surface area (Å²) in [7, 11) is 0. The Balaban J connectivity index is 0.000000812. The van der Waals surface area contributed by atoms with Crippen LogP contribution in [-0.2, 0) is 31.5 Å². The van der Waals surface area contributed by atoms with Crippen molar-refractivity contribution in [3.05, 3.63) is 59.7 Å². The van der Waals surface area contributed by atoms with E-state index in [4.69, 9.17) is 19.8 Å². The van der Waals surface area contributed by atoms with Crippen LogP contribution in [0, 0.1) is 0 Å². The summed E-state index contributed by atoms with van der Waals surface area (Å²) < 4.78 is 143. The number of carbonyl (C=O) groups excluding carboxylic acids is 4. The van der Waals surface area contributed by atoms with Gasteiger partial charge in [0.2, 0.25) is 11.8 Å². The summed E-state index contributed by atoms with van der Waals surface area (Å²) in [5, 5.41) is 30.4. The fraction of sp³-hybridized carbons (Fsp3) is 0.286. The second-order valence-corrected chi connectivity index (χ2v) is 9.69. The van der Waals surface area contributed by atoms with Crippen molar-refractivity contribution < 1.29 is 93.5 Å². The van der Waals surface area contributed by atoms with Crippen molar-refractivity contribution in [2.45, 2.75) is 37.5 Å². The fourth-order valence-electron chi connectivity index (χ4n) is 3.45. The number of nitrogens with one attached hydrogen (secondary N) is 2. The molecule has 0 bridgehead atoms. The fourth-order valence-corrected chi connectivity index (χ4v) is 3.45. The molecule has 0 unspecified atom stereocenters. The van der Waals surface area contributed by atoms with Gasteiger partial charge in [0.25, 0.3) is 0 Å². The Kier molecular flexibility index (Phi) is 15.5. The van der Waals surface area contributed by atoms with Crippen LogP contribution in [0.3, 0.4) is 0 Å². The van der Waals surface area contributed by atoms with E-state index < -0.39 is 59.6 Å². The van der Waals surface area contributed by atoms with Gasteiger partial charge in [0, 0.05) is 11.1 Å². The number of aliphatic carboxylic acids is 2. The predicted molar refractivity (Wildman–Crippen MR) is 147 cm³/mol. The topological polar surface area (TPSA) is 220 Å². The van der Waals surface area contributed by atoms with Crippen molar-refractivity contribution in [3.8, 4) is 22.5 Å². The molecule has 12 nitrogen and oxygen atoms in total. The minimum Gasteiger partial charge on any atom is -0.542 e. The second kappa shape index (κ2) is 18.1. The number of anilines is 2. The van der Waals surface area contributed by atoms with Gasteiger partial charge in [-0.1, -0.05) is 0 Å². The molecule has 0 atom stereocenters. The van der Waals surface area contributed by atoms with E-state index in [1.165, 1.54) is 12.1 Å². The van der Waals surface area contributed by atoms with Crippen LogP contribution in [0.2, 0.25) is 0 Å². The lowest BCUT2D eigenvalue weighted by Gasteiger charge is -2.15. The third-order valence-electron chi connectivity index (χ3n) is 5.73. The van der Waals surface area contributed by atoms with Crippen LogP contribution in [0.1, 0.15) is 24.0 Å². The highest BCUT2D eigenvalue weighted by Gasteiger charge is 2.33.